The van der Waals surface area contributed by atoms with Crippen molar-refractivity contribution in [3.8, 4) is 11.5 Å². The van der Waals surface area contributed by atoms with Gasteiger partial charge in [-0.15, -0.1) is 0 Å². The quantitative estimate of drug-likeness (QED) is 0.808. The second-order valence-corrected chi connectivity index (χ2v) is 4.86. The van der Waals surface area contributed by atoms with Gasteiger partial charge in [0.15, 0.2) is 17.6 Å². The third-order valence-electron chi connectivity index (χ3n) is 3.29. The maximum absolute atomic E-state index is 11.3. The summed E-state index contributed by atoms with van der Waals surface area (Å²) in [5.41, 5.74) is 1.53. The van der Waals surface area contributed by atoms with Crippen LogP contribution < -0.4 is 9.47 Å². The minimum absolute atomic E-state index is 0.309. The van der Waals surface area contributed by atoms with Gasteiger partial charge < -0.3 is 19.3 Å². The standard InChI is InChI=1S/C18H20O5/c1-3-22-17(18(19)20)14-9-10-15(21-2)16(11-14)23-12-13-7-5-4-6-8-13/h4-11,17H,3,12H2,1-2H3,(H,19,20). The van der Waals surface area contributed by atoms with E-state index >= 15 is 0 Å². The van der Waals surface area contributed by atoms with Crippen LogP contribution in [0.4, 0.5) is 0 Å². The molecule has 0 aliphatic rings. The Bertz CT molecular complexity index is 639. The van der Waals surface area contributed by atoms with Gasteiger partial charge in [-0.1, -0.05) is 36.4 Å². The van der Waals surface area contributed by atoms with Crippen molar-refractivity contribution in [3.05, 3.63) is 59.7 Å². The first-order valence-electron chi connectivity index (χ1n) is 7.34. The molecule has 0 fully saturated rings. The monoisotopic (exact) mass is 316 g/mol. The molecule has 1 atom stereocenters. The molecule has 5 nitrogen and oxygen atoms in total. The van der Waals surface area contributed by atoms with Crippen LogP contribution in [-0.2, 0) is 16.1 Å². The zero-order valence-electron chi connectivity index (χ0n) is 13.2. The SMILES string of the molecule is CCOC(C(=O)O)c1ccc(OC)c(OCc2ccccc2)c1. The number of benzene rings is 2. The van der Waals surface area contributed by atoms with Crippen LogP contribution in [0.25, 0.3) is 0 Å². The minimum atomic E-state index is -1.04. The molecule has 0 aromatic heterocycles. The van der Waals surface area contributed by atoms with Crippen LogP contribution in [0.15, 0.2) is 48.5 Å². The average molecular weight is 316 g/mol. The highest BCUT2D eigenvalue weighted by molar-refractivity contribution is 5.74. The van der Waals surface area contributed by atoms with E-state index in [1.807, 2.05) is 30.3 Å². The number of ether oxygens (including phenoxy) is 3. The Morgan fingerprint density at radius 2 is 1.87 bits per heavy atom. The lowest BCUT2D eigenvalue weighted by molar-refractivity contribution is -0.150. The third kappa shape index (κ3) is 4.47. The van der Waals surface area contributed by atoms with Crippen LogP contribution in [0.3, 0.4) is 0 Å². The summed E-state index contributed by atoms with van der Waals surface area (Å²) < 4.78 is 16.3. The fourth-order valence-corrected chi connectivity index (χ4v) is 2.18. The molecule has 2 aromatic rings. The lowest BCUT2D eigenvalue weighted by Gasteiger charge is -2.16. The second-order valence-electron chi connectivity index (χ2n) is 4.86. The maximum Gasteiger partial charge on any atom is 0.337 e. The molecule has 0 radical (unpaired) electrons. The van der Waals surface area contributed by atoms with Crippen molar-refractivity contribution in [2.45, 2.75) is 19.6 Å². The van der Waals surface area contributed by atoms with Crippen molar-refractivity contribution in [2.75, 3.05) is 13.7 Å². The molecule has 1 N–H and O–H groups in total. The molecule has 1 unspecified atom stereocenters. The molecule has 23 heavy (non-hydrogen) atoms. The van der Waals surface area contributed by atoms with E-state index in [1.54, 1.807) is 32.2 Å². The second kappa shape index (κ2) is 8.19. The van der Waals surface area contributed by atoms with Gasteiger partial charge in [0.1, 0.15) is 6.61 Å². The van der Waals surface area contributed by atoms with Crippen molar-refractivity contribution in [1.29, 1.82) is 0 Å². The van der Waals surface area contributed by atoms with Crippen molar-refractivity contribution in [3.63, 3.8) is 0 Å². The Balaban J connectivity index is 2.22. The first kappa shape index (κ1) is 16.8. The van der Waals surface area contributed by atoms with Gasteiger partial charge in [-0.25, -0.2) is 4.79 Å². The molecule has 5 heteroatoms. The Morgan fingerprint density at radius 1 is 1.13 bits per heavy atom. The number of hydrogen-bond acceptors (Lipinski definition) is 4. The first-order chi connectivity index (χ1) is 11.2. The Hall–Kier alpha value is -2.53. The average Bonchev–Trinajstić information content (AvgIpc) is 2.58. The van der Waals surface area contributed by atoms with Crippen LogP contribution >= 0.6 is 0 Å². The van der Waals surface area contributed by atoms with E-state index in [-0.39, 0.29) is 0 Å². The smallest absolute Gasteiger partial charge is 0.337 e. The molecule has 0 spiro atoms. The predicted octanol–water partition coefficient (Wildman–Crippen LogP) is 3.44. The molecule has 0 saturated carbocycles. The van der Waals surface area contributed by atoms with Gasteiger partial charge in [-0.2, -0.15) is 0 Å². The lowest BCUT2D eigenvalue weighted by Crippen LogP contribution is -2.15. The Morgan fingerprint density at radius 3 is 2.48 bits per heavy atom. The molecule has 0 aliphatic carbocycles. The van der Waals surface area contributed by atoms with Crippen LogP contribution in [0.1, 0.15) is 24.2 Å². The van der Waals surface area contributed by atoms with Crippen molar-refractivity contribution in [1.82, 2.24) is 0 Å². The fraction of sp³-hybridized carbons (Fsp3) is 0.278. The third-order valence-corrected chi connectivity index (χ3v) is 3.29. The molecule has 0 saturated heterocycles. The molecular weight excluding hydrogens is 296 g/mol. The topological polar surface area (TPSA) is 65.0 Å². The summed E-state index contributed by atoms with van der Waals surface area (Å²) in [5, 5.41) is 9.29. The molecular formula is C18H20O5. The van der Waals surface area contributed by atoms with E-state index in [9.17, 15) is 9.90 Å². The van der Waals surface area contributed by atoms with E-state index in [0.29, 0.717) is 30.3 Å². The lowest BCUT2D eigenvalue weighted by atomic mass is 10.1. The zero-order chi connectivity index (χ0) is 16.7. The van der Waals surface area contributed by atoms with Gasteiger partial charge in [-0.05, 0) is 30.2 Å². The number of hydrogen-bond donors (Lipinski definition) is 1. The summed E-state index contributed by atoms with van der Waals surface area (Å²) in [6, 6.07) is 14.7. The molecule has 2 aromatic carbocycles. The number of carbonyl (C=O) groups is 1. The summed E-state index contributed by atoms with van der Waals surface area (Å²) in [6.45, 7) is 2.43. The van der Waals surface area contributed by atoms with Gasteiger partial charge in [0.25, 0.3) is 0 Å². The van der Waals surface area contributed by atoms with Crippen molar-refractivity contribution >= 4 is 5.97 Å². The van der Waals surface area contributed by atoms with Crippen LogP contribution in [0.5, 0.6) is 11.5 Å². The summed E-state index contributed by atoms with van der Waals surface area (Å²) in [4.78, 5) is 11.3. The van der Waals surface area contributed by atoms with E-state index < -0.39 is 12.1 Å². The number of carboxylic acid groups (broad SMARTS) is 1. The van der Waals surface area contributed by atoms with E-state index in [0.717, 1.165) is 5.56 Å². The Kier molecular flexibility index (Phi) is 6.00. The molecule has 0 bridgehead atoms. The normalized spacial score (nSPS) is 11.7. The summed E-state index contributed by atoms with van der Waals surface area (Å²) >= 11 is 0. The summed E-state index contributed by atoms with van der Waals surface area (Å²) in [7, 11) is 1.54. The maximum atomic E-state index is 11.3. The molecule has 2 rings (SSSR count). The van der Waals surface area contributed by atoms with E-state index in [1.165, 1.54) is 0 Å². The highest BCUT2D eigenvalue weighted by Gasteiger charge is 2.21. The summed E-state index contributed by atoms with van der Waals surface area (Å²) in [6.07, 6.45) is -1.02. The highest BCUT2D eigenvalue weighted by Crippen LogP contribution is 2.32. The van der Waals surface area contributed by atoms with Crippen LogP contribution in [-0.4, -0.2) is 24.8 Å². The number of methoxy groups -OCH3 is 1. The van der Waals surface area contributed by atoms with Gasteiger partial charge in [-0.3, -0.25) is 0 Å². The Labute approximate surface area is 135 Å². The molecule has 122 valence electrons. The zero-order valence-corrected chi connectivity index (χ0v) is 13.2. The van der Waals surface area contributed by atoms with Crippen LogP contribution in [0.2, 0.25) is 0 Å². The van der Waals surface area contributed by atoms with Crippen molar-refractivity contribution in [2.24, 2.45) is 0 Å². The molecule has 0 heterocycles. The minimum Gasteiger partial charge on any atom is -0.493 e. The number of aliphatic carboxylic acids is 1. The van der Waals surface area contributed by atoms with Gasteiger partial charge in [0.05, 0.1) is 7.11 Å². The van der Waals surface area contributed by atoms with E-state index in [2.05, 4.69) is 0 Å². The number of rotatable bonds is 8. The van der Waals surface area contributed by atoms with Gasteiger partial charge in [0, 0.05) is 6.61 Å². The predicted molar refractivity (Wildman–Crippen MR) is 85.8 cm³/mol. The van der Waals surface area contributed by atoms with Crippen LogP contribution in [0, 0.1) is 0 Å². The van der Waals surface area contributed by atoms with E-state index in [4.69, 9.17) is 14.2 Å². The number of carboxylic acids is 1. The largest absolute Gasteiger partial charge is 0.493 e. The van der Waals surface area contributed by atoms with Crippen molar-refractivity contribution < 1.29 is 24.1 Å². The first-order valence-corrected chi connectivity index (χ1v) is 7.34. The highest BCUT2D eigenvalue weighted by atomic mass is 16.5. The van der Waals surface area contributed by atoms with Gasteiger partial charge in [0.2, 0.25) is 0 Å². The molecule has 0 amide bonds. The summed E-state index contributed by atoms with van der Waals surface area (Å²) in [5.74, 6) is -0.00356. The fourth-order valence-electron chi connectivity index (χ4n) is 2.18. The molecule has 0 aliphatic heterocycles. The van der Waals surface area contributed by atoms with Gasteiger partial charge >= 0.3 is 5.97 Å².